The molecule has 0 aliphatic rings. The predicted octanol–water partition coefficient (Wildman–Crippen LogP) is 3.01. The van der Waals surface area contributed by atoms with Gasteiger partial charge in [0.05, 0.1) is 18.6 Å². The Morgan fingerprint density at radius 3 is 3.00 bits per heavy atom. The number of thiophene rings is 1. The van der Waals surface area contributed by atoms with E-state index in [1.54, 1.807) is 29.9 Å². The highest BCUT2D eigenvalue weighted by Gasteiger charge is 2.08. The summed E-state index contributed by atoms with van der Waals surface area (Å²) < 4.78 is 4.91. The van der Waals surface area contributed by atoms with Crippen molar-refractivity contribution in [2.24, 2.45) is 0 Å². The molecule has 2 rings (SSSR count). The Kier molecular flexibility index (Phi) is 3.01. The van der Waals surface area contributed by atoms with Gasteiger partial charge in [-0.1, -0.05) is 0 Å². The molecule has 1 atom stereocenters. The van der Waals surface area contributed by atoms with Crippen molar-refractivity contribution in [3.63, 3.8) is 0 Å². The molecule has 14 heavy (non-hydrogen) atoms. The Labute approximate surface area is 86.8 Å². The van der Waals surface area contributed by atoms with Crippen molar-refractivity contribution in [3.8, 4) is 0 Å². The minimum absolute atomic E-state index is 0.409. The Hall–Kier alpha value is -1.06. The molecule has 0 saturated heterocycles. The minimum Gasteiger partial charge on any atom is -0.472 e. The van der Waals surface area contributed by atoms with Crippen molar-refractivity contribution < 1.29 is 9.52 Å². The summed E-state index contributed by atoms with van der Waals surface area (Å²) in [5.74, 6) is 0. The summed E-state index contributed by atoms with van der Waals surface area (Å²) in [6, 6.07) is 3.89. The fraction of sp³-hybridized carbons (Fsp3) is 0.273. The highest BCUT2D eigenvalue weighted by atomic mass is 32.1. The van der Waals surface area contributed by atoms with Crippen LogP contribution in [0.15, 0.2) is 39.8 Å². The first-order valence-corrected chi connectivity index (χ1v) is 5.52. The van der Waals surface area contributed by atoms with Gasteiger partial charge >= 0.3 is 0 Å². The molecule has 1 unspecified atom stereocenters. The van der Waals surface area contributed by atoms with Crippen LogP contribution in [0.5, 0.6) is 0 Å². The van der Waals surface area contributed by atoms with E-state index < -0.39 is 6.10 Å². The summed E-state index contributed by atoms with van der Waals surface area (Å²) in [5, 5.41) is 13.9. The maximum absolute atomic E-state index is 9.75. The lowest BCUT2D eigenvalue weighted by molar-refractivity contribution is 0.167. The highest BCUT2D eigenvalue weighted by molar-refractivity contribution is 7.07. The zero-order valence-electron chi connectivity index (χ0n) is 7.72. The molecule has 2 heterocycles. The third-order valence-corrected chi connectivity index (χ3v) is 2.95. The molecule has 2 aromatic rings. The summed E-state index contributed by atoms with van der Waals surface area (Å²) in [7, 11) is 0. The first-order chi connectivity index (χ1) is 6.86. The van der Waals surface area contributed by atoms with E-state index in [1.165, 1.54) is 5.56 Å². The molecule has 0 spiro atoms. The van der Waals surface area contributed by atoms with E-state index >= 15 is 0 Å². The molecule has 0 saturated carbocycles. The van der Waals surface area contributed by atoms with Gasteiger partial charge in [0.1, 0.15) is 0 Å². The number of hydrogen-bond acceptors (Lipinski definition) is 3. The number of furan rings is 1. The molecule has 1 N–H and O–H groups in total. The van der Waals surface area contributed by atoms with Crippen LogP contribution in [-0.4, -0.2) is 5.11 Å². The number of aliphatic hydroxyl groups is 1. The third kappa shape index (κ3) is 2.25. The zero-order valence-corrected chi connectivity index (χ0v) is 8.54. The molecule has 0 radical (unpaired) electrons. The number of aryl methyl sites for hydroxylation is 1. The van der Waals surface area contributed by atoms with Crippen LogP contribution in [-0.2, 0) is 6.42 Å². The van der Waals surface area contributed by atoms with E-state index in [0.717, 1.165) is 18.4 Å². The lowest BCUT2D eigenvalue weighted by Gasteiger charge is -2.06. The molecule has 2 aromatic heterocycles. The van der Waals surface area contributed by atoms with Gasteiger partial charge in [0.2, 0.25) is 0 Å². The van der Waals surface area contributed by atoms with Gasteiger partial charge in [-0.15, -0.1) is 0 Å². The van der Waals surface area contributed by atoms with Crippen molar-refractivity contribution in [2.45, 2.75) is 18.9 Å². The molecule has 2 nitrogen and oxygen atoms in total. The molecule has 0 aliphatic heterocycles. The van der Waals surface area contributed by atoms with E-state index in [2.05, 4.69) is 16.8 Å². The summed E-state index contributed by atoms with van der Waals surface area (Å²) in [5.41, 5.74) is 2.15. The Balaban J connectivity index is 1.87. The van der Waals surface area contributed by atoms with E-state index in [4.69, 9.17) is 4.42 Å². The predicted molar refractivity (Wildman–Crippen MR) is 56.3 cm³/mol. The average Bonchev–Trinajstić information content (AvgIpc) is 2.87. The van der Waals surface area contributed by atoms with Crippen molar-refractivity contribution >= 4 is 11.3 Å². The monoisotopic (exact) mass is 208 g/mol. The van der Waals surface area contributed by atoms with Gasteiger partial charge in [-0.05, 0) is 41.3 Å². The minimum atomic E-state index is -0.409. The molecule has 0 fully saturated rings. The standard InChI is InChI=1S/C11H12O2S/c12-11(10-3-5-13-7-10)2-1-9-4-6-14-8-9/h3-8,11-12H,1-2H2. The first-order valence-electron chi connectivity index (χ1n) is 4.57. The molecular weight excluding hydrogens is 196 g/mol. The van der Waals surface area contributed by atoms with Crippen LogP contribution in [0, 0.1) is 0 Å². The molecular formula is C11H12O2S. The van der Waals surface area contributed by atoms with Gasteiger partial charge < -0.3 is 9.52 Å². The maximum Gasteiger partial charge on any atom is 0.0960 e. The zero-order chi connectivity index (χ0) is 9.80. The number of rotatable bonds is 4. The lowest BCUT2D eigenvalue weighted by Crippen LogP contribution is -1.97. The molecule has 0 amide bonds. The summed E-state index contributed by atoms with van der Waals surface area (Å²) in [6.07, 6.45) is 4.43. The van der Waals surface area contributed by atoms with Crippen molar-refractivity contribution in [3.05, 3.63) is 46.5 Å². The first kappa shape index (κ1) is 9.49. The van der Waals surface area contributed by atoms with Crippen LogP contribution in [0.25, 0.3) is 0 Å². The second kappa shape index (κ2) is 4.44. The van der Waals surface area contributed by atoms with Gasteiger partial charge in [-0.3, -0.25) is 0 Å². The highest BCUT2D eigenvalue weighted by Crippen LogP contribution is 2.19. The summed E-state index contributed by atoms with van der Waals surface area (Å²) >= 11 is 1.69. The summed E-state index contributed by atoms with van der Waals surface area (Å²) in [6.45, 7) is 0. The molecule has 0 aromatic carbocycles. The fourth-order valence-electron chi connectivity index (χ4n) is 1.37. The molecule has 0 bridgehead atoms. The Morgan fingerprint density at radius 2 is 2.36 bits per heavy atom. The van der Waals surface area contributed by atoms with Crippen molar-refractivity contribution in [1.29, 1.82) is 0 Å². The molecule has 74 valence electrons. The largest absolute Gasteiger partial charge is 0.472 e. The molecule has 0 aliphatic carbocycles. The molecule has 3 heteroatoms. The van der Waals surface area contributed by atoms with E-state index in [1.807, 2.05) is 0 Å². The van der Waals surface area contributed by atoms with Crippen LogP contribution < -0.4 is 0 Å². The summed E-state index contributed by atoms with van der Waals surface area (Å²) in [4.78, 5) is 0. The number of aliphatic hydroxyl groups excluding tert-OH is 1. The van der Waals surface area contributed by atoms with Crippen LogP contribution in [0.1, 0.15) is 23.7 Å². The van der Waals surface area contributed by atoms with Crippen LogP contribution in [0.3, 0.4) is 0 Å². The second-order valence-corrected chi connectivity index (χ2v) is 4.02. The van der Waals surface area contributed by atoms with Crippen LogP contribution in [0.2, 0.25) is 0 Å². The van der Waals surface area contributed by atoms with E-state index in [-0.39, 0.29) is 0 Å². The van der Waals surface area contributed by atoms with E-state index in [9.17, 15) is 5.11 Å². The topological polar surface area (TPSA) is 33.4 Å². The van der Waals surface area contributed by atoms with Gasteiger partial charge in [0.25, 0.3) is 0 Å². The van der Waals surface area contributed by atoms with E-state index in [0.29, 0.717) is 0 Å². The van der Waals surface area contributed by atoms with Gasteiger partial charge in [0, 0.05) is 5.56 Å². The van der Waals surface area contributed by atoms with Gasteiger partial charge in [-0.25, -0.2) is 0 Å². The Morgan fingerprint density at radius 1 is 1.43 bits per heavy atom. The van der Waals surface area contributed by atoms with Crippen molar-refractivity contribution in [2.75, 3.05) is 0 Å². The third-order valence-electron chi connectivity index (χ3n) is 2.21. The quantitative estimate of drug-likeness (QED) is 0.837. The van der Waals surface area contributed by atoms with Crippen molar-refractivity contribution in [1.82, 2.24) is 0 Å². The second-order valence-electron chi connectivity index (χ2n) is 3.24. The lowest BCUT2D eigenvalue weighted by atomic mass is 10.1. The smallest absolute Gasteiger partial charge is 0.0960 e. The van der Waals surface area contributed by atoms with Gasteiger partial charge in [0.15, 0.2) is 0 Å². The normalized spacial score (nSPS) is 12.9. The Bertz CT molecular complexity index is 351. The van der Waals surface area contributed by atoms with Gasteiger partial charge in [-0.2, -0.15) is 11.3 Å². The number of hydrogen-bond donors (Lipinski definition) is 1. The van der Waals surface area contributed by atoms with Crippen LogP contribution in [0.4, 0.5) is 0 Å². The average molecular weight is 208 g/mol. The fourth-order valence-corrected chi connectivity index (χ4v) is 2.07. The van der Waals surface area contributed by atoms with Crippen LogP contribution >= 0.6 is 11.3 Å². The SMILES string of the molecule is OC(CCc1ccsc1)c1ccoc1. The maximum atomic E-state index is 9.75.